The number of aryl methyl sites for hydroxylation is 1. The van der Waals surface area contributed by atoms with Gasteiger partial charge in [0.1, 0.15) is 0 Å². The number of rotatable bonds is 3. The van der Waals surface area contributed by atoms with Crippen LogP contribution in [0.3, 0.4) is 0 Å². The van der Waals surface area contributed by atoms with E-state index < -0.39 is 0 Å². The summed E-state index contributed by atoms with van der Waals surface area (Å²) in [5.74, 6) is 0. The van der Waals surface area contributed by atoms with E-state index >= 15 is 0 Å². The molecule has 0 spiro atoms. The van der Waals surface area contributed by atoms with Gasteiger partial charge in [-0.15, -0.1) is 5.52 Å². The van der Waals surface area contributed by atoms with Crippen molar-refractivity contribution in [3.8, 4) is 5.13 Å². The maximum Gasteiger partial charge on any atom is 1.00 e. The van der Waals surface area contributed by atoms with Crippen LogP contribution in [0.5, 0.6) is 0 Å². The molecule has 3 aromatic heterocycles. The molecule has 0 amide bonds. The Balaban J connectivity index is 0.00000218. The molecule has 0 saturated heterocycles. The van der Waals surface area contributed by atoms with E-state index in [-0.39, 0.29) is 40.7 Å². The summed E-state index contributed by atoms with van der Waals surface area (Å²) in [6.07, 6.45) is 0. The van der Waals surface area contributed by atoms with Crippen molar-refractivity contribution >= 4 is 44.1 Å². The zero-order chi connectivity index (χ0) is 20.1. The second-order valence-electron chi connectivity index (χ2n) is 6.72. The first-order valence-corrected chi connectivity index (χ1v) is 10.1. The molecule has 3 heterocycles. The molecular weight excluding hydrogens is 431 g/mol. The molecule has 30 heavy (non-hydrogen) atoms. The molecule has 5 aromatic rings. The number of para-hydroxylation sites is 1. The molecule has 0 aliphatic carbocycles. The van der Waals surface area contributed by atoms with Gasteiger partial charge in [-0.25, -0.2) is 4.98 Å². The van der Waals surface area contributed by atoms with Crippen LogP contribution in [0.2, 0.25) is 5.02 Å². The summed E-state index contributed by atoms with van der Waals surface area (Å²) in [6.45, 7) is 2.12. The van der Waals surface area contributed by atoms with Crippen LogP contribution < -0.4 is 45.8 Å². The van der Waals surface area contributed by atoms with Crippen LogP contribution in [-0.2, 0) is 6.54 Å². The Morgan fingerprint density at radius 3 is 2.57 bits per heavy atom. The SMILES string of the molecule is Cc1c2c(=O)n(-c3nc4ccccc4s3)[n-]c2cc(=O)n1Cc1ccc(Cl)cc1.[Na+]. The normalized spacial score (nSPS) is 11.1. The second kappa shape index (κ2) is 8.17. The van der Waals surface area contributed by atoms with Crippen LogP contribution in [0.1, 0.15) is 11.3 Å². The van der Waals surface area contributed by atoms with E-state index in [1.165, 1.54) is 22.1 Å². The largest absolute Gasteiger partial charge is 1.00 e. The summed E-state index contributed by atoms with van der Waals surface area (Å²) in [5.41, 5.74) is 2.21. The van der Waals surface area contributed by atoms with E-state index in [9.17, 15) is 9.59 Å². The van der Waals surface area contributed by atoms with Crippen molar-refractivity contribution in [1.29, 1.82) is 0 Å². The number of thiazole rings is 1. The molecule has 2 aromatic carbocycles. The van der Waals surface area contributed by atoms with E-state index in [4.69, 9.17) is 11.6 Å². The van der Waals surface area contributed by atoms with Gasteiger partial charge in [0.2, 0.25) is 11.1 Å². The minimum absolute atomic E-state index is 0. The zero-order valence-electron chi connectivity index (χ0n) is 16.3. The zero-order valence-corrected chi connectivity index (χ0v) is 19.9. The van der Waals surface area contributed by atoms with E-state index in [2.05, 4.69) is 10.1 Å². The molecule has 0 bridgehead atoms. The van der Waals surface area contributed by atoms with Crippen molar-refractivity contribution in [2.24, 2.45) is 0 Å². The van der Waals surface area contributed by atoms with Crippen LogP contribution >= 0.6 is 22.9 Å². The summed E-state index contributed by atoms with van der Waals surface area (Å²) < 4.78 is 3.84. The third-order valence-electron chi connectivity index (χ3n) is 4.88. The van der Waals surface area contributed by atoms with Crippen LogP contribution in [-0.4, -0.2) is 14.2 Å². The van der Waals surface area contributed by atoms with E-state index in [1.807, 2.05) is 36.4 Å². The Morgan fingerprint density at radius 2 is 1.83 bits per heavy atom. The molecule has 6 nitrogen and oxygen atoms in total. The molecule has 0 saturated carbocycles. The molecule has 5 rings (SSSR count). The summed E-state index contributed by atoms with van der Waals surface area (Å²) in [5, 5.41) is 5.93. The second-order valence-corrected chi connectivity index (χ2v) is 8.17. The minimum Gasteiger partial charge on any atom is -0.585 e. The van der Waals surface area contributed by atoms with Gasteiger partial charge in [0, 0.05) is 16.1 Å². The molecule has 0 aliphatic heterocycles. The molecule has 0 N–H and O–H groups in total. The number of benzene rings is 2. The quantitative estimate of drug-likeness (QED) is 0.385. The monoisotopic (exact) mass is 444 g/mol. The first kappa shape index (κ1) is 21.1. The fraction of sp³-hybridized carbons (Fsp3) is 0.0952. The van der Waals surface area contributed by atoms with Crippen LogP contribution in [0, 0.1) is 6.92 Å². The average molecular weight is 445 g/mol. The van der Waals surface area contributed by atoms with Crippen molar-refractivity contribution in [3.05, 3.63) is 91.6 Å². The fourth-order valence-electron chi connectivity index (χ4n) is 3.40. The maximum atomic E-state index is 13.1. The van der Waals surface area contributed by atoms with Gasteiger partial charge >= 0.3 is 29.6 Å². The van der Waals surface area contributed by atoms with Crippen LogP contribution in [0.15, 0.2) is 64.2 Å². The topological polar surface area (TPSA) is 71.0 Å². The molecule has 9 heteroatoms. The van der Waals surface area contributed by atoms with E-state index in [0.29, 0.717) is 33.3 Å². The Bertz CT molecular complexity index is 1470. The Morgan fingerprint density at radius 1 is 1.10 bits per heavy atom. The third kappa shape index (κ3) is 3.57. The number of halogens is 1. The van der Waals surface area contributed by atoms with Crippen molar-refractivity contribution < 1.29 is 29.6 Å². The van der Waals surface area contributed by atoms with Gasteiger partial charge in [0.05, 0.1) is 16.8 Å². The molecule has 144 valence electrons. The maximum absolute atomic E-state index is 13.1. The van der Waals surface area contributed by atoms with Crippen LogP contribution in [0.4, 0.5) is 0 Å². The molecular formula is C21H14ClN4NaO2S. The van der Waals surface area contributed by atoms with E-state index in [1.54, 1.807) is 23.6 Å². The average Bonchev–Trinajstić information content (AvgIpc) is 3.27. The van der Waals surface area contributed by atoms with Gasteiger partial charge in [0.15, 0.2) is 5.13 Å². The van der Waals surface area contributed by atoms with Crippen molar-refractivity contribution in [3.63, 3.8) is 0 Å². The van der Waals surface area contributed by atoms with Crippen molar-refractivity contribution in [2.45, 2.75) is 13.5 Å². The molecule has 0 radical (unpaired) electrons. The number of hydrogen-bond donors (Lipinski definition) is 0. The summed E-state index contributed by atoms with van der Waals surface area (Å²) in [4.78, 5) is 30.3. The van der Waals surface area contributed by atoms with Gasteiger partial charge in [-0.05, 0) is 42.8 Å². The van der Waals surface area contributed by atoms with Gasteiger partial charge < -0.3 is 14.3 Å². The Hall–Kier alpha value is -2.16. The number of hydrogen-bond acceptors (Lipinski definition) is 4. The van der Waals surface area contributed by atoms with E-state index in [0.717, 1.165) is 15.8 Å². The predicted molar refractivity (Wildman–Crippen MR) is 116 cm³/mol. The first-order chi connectivity index (χ1) is 14.0. The number of nitrogens with zero attached hydrogens (tertiary/aromatic N) is 4. The summed E-state index contributed by atoms with van der Waals surface area (Å²) >= 11 is 7.33. The molecule has 0 fully saturated rings. The number of aromatic nitrogens is 4. The summed E-state index contributed by atoms with van der Waals surface area (Å²) in [7, 11) is 0. The van der Waals surface area contributed by atoms with Gasteiger partial charge in [-0.1, -0.05) is 47.2 Å². The summed E-state index contributed by atoms with van der Waals surface area (Å²) in [6, 6.07) is 16.4. The molecule has 0 atom stereocenters. The van der Waals surface area contributed by atoms with Crippen LogP contribution in [0.25, 0.3) is 26.3 Å². The van der Waals surface area contributed by atoms with Gasteiger partial charge in [-0.2, -0.15) is 0 Å². The predicted octanol–water partition coefficient (Wildman–Crippen LogP) is 0.733. The minimum atomic E-state index is -0.276. The smallest absolute Gasteiger partial charge is 0.585 e. The van der Waals surface area contributed by atoms with Gasteiger partial charge in [-0.3, -0.25) is 9.59 Å². The molecule has 0 unspecified atom stereocenters. The number of fused-ring (bicyclic) bond motifs is 2. The van der Waals surface area contributed by atoms with Gasteiger partial charge in [0.25, 0.3) is 0 Å². The first-order valence-electron chi connectivity index (χ1n) is 8.92. The fourth-order valence-corrected chi connectivity index (χ4v) is 4.45. The standard InChI is InChI=1S/C21H15ClN4O2S.Na/c1-12-19-16(10-18(27)25(12)11-13-6-8-14(22)9-7-13)24-26(20(19)28)21-23-15-4-2-3-5-17(15)29-21;/h2-10H,11H2,1H3,(H,24,27);/q;+1/p-1. The number of pyridine rings is 1. The Labute approximate surface area is 202 Å². The Kier molecular flexibility index (Phi) is 5.74. The van der Waals surface area contributed by atoms with Crippen molar-refractivity contribution in [2.75, 3.05) is 0 Å². The molecule has 0 aliphatic rings. The van der Waals surface area contributed by atoms with Crippen molar-refractivity contribution in [1.82, 2.24) is 19.3 Å². The third-order valence-corrected chi connectivity index (χ3v) is 6.14.